The molecule has 102 valence electrons. The maximum Gasteiger partial charge on any atom is 0.138 e. The molecule has 0 aliphatic heterocycles. The molecule has 3 rings (SSSR count). The molecule has 0 bridgehead atoms. The van der Waals surface area contributed by atoms with Gasteiger partial charge in [-0.2, -0.15) is 5.26 Å². The lowest BCUT2D eigenvalue weighted by Gasteiger charge is -2.12. The van der Waals surface area contributed by atoms with Crippen molar-refractivity contribution in [3.63, 3.8) is 0 Å². The van der Waals surface area contributed by atoms with Gasteiger partial charge in [0.2, 0.25) is 0 Å². The Labute approximate surface area is 118 Å². The van der Waals surface area contributed by atoms with Crippen molar-refractivity contribution >= 4 is 11.0 Å². The summed E-state index contributed by atoms with van der Waals surface area (Å²) in [6.07, 6.45) is 13.0. The largest absolute Gasteiger partial charge is 0.489 e. The van der Waals surface area contributed by atoms with E-state index < -0.39 is 0 Å². The number of fused-ring (bicyclic) bond motifs is 1. The van der Waals surface area contributed by atoms with E-state index in [1.807, 2.05) is 24.4 Å². The van der Waals surface area contributed by atoms with Gasteiger partial charge in [-0.3, -0.25) is 0 Å². The summed E-state index contributed by atoms with van der Waals surface area (Å²) in [4.78, 5) is 7.55. The van der Waals surface area contributed by atoms with Gasteiger partial charge in [-0.1, -0.05) is 6.08 Å². The van der Waals surface area contributed by atoms with Gasteiger partial charge < -0.3 is 9.72 Å². The lowest BCUT2D eigenvalue weighted by molar-refractivity contribution is 0.209. The summed E-state index contributed by atoms with van der Waals surface area (Å²) in [5.41, 5.74) is 2.00. The number of hydrogen-bond donors (Lipinski definition) is 1. The lowest BCUT2D eigenvalue weighted by Crippen LogP contribution is -2.10. The zero-order chi connectivity index (χ0) is 13.8. The highest BCUT2D eigenvalue weighted by atomic mass is 16.5. The number of allylic oxidation sites excluding steroid dienone is 2. The summed E-state index contributed by atoms with van der Waals surface area (Å²) >= 11 is 0. The SMILES string of the molecule is N#C/C=C/Cc1c[nH]c2ncc(OC3CCCC3)cc12. The van der Waals surface area contributed by atoms with E-state index in [4.69, 9.17) is 10.00 Å². The Morgan fingerprint density at radius 1 is 1.45 bits per heavy atom. The quantitative estimate of drug-likeness (QED) is 0.862. The first-order chi connectivity index (χ1) is 9.86. The van der Waals surface area contributed by atoms with Crippen molar-refractivity contribution < 1.29 is 4.74 Å². The van der Waals surface area contributed by atoms with Crippen LogP contribution in [0.1, 0.15) is 31.2 Å². The van der Waals surface area contributed by atoms with Crippen LogP contribution in [0.2, 0.25) is 0 Å². The van der Waals surface area contributed by atoms with Crippen molar-refractivity contribution in [2.75, 3.05) is 0 Å². The van der Waals surface area contributed by atoms with E-state index in [0.29, 0.717) is 6.10 Å². The Bertz CT molecular complexity index is 660. The number of nitrogens with zero attached hydrogens (tertiary/aromatic N) is 2. The van der Waals surface area contributed by atoms with E-state index in [9.17, 15) is 0 Å². The monoisotopic (exact) mass is 267 g/mol. The second kappa shape index (κ2) is 5.79. The Morgan fingerprint density at radius 2 is 2.30 bits per heavy atom. The predicted octanol–water partition coefficient (Wildman–Crippen LogP) is 3.51. The van der Waals surface area contributed by atoms with Crippen molar-refractivity contribution in [2.45, 2.75) is 38.2 Å². The Morgan fingerprint density at radius 3 is 3.10 bits per heavy atom. The van der Waals surface area contributed by atoms with Gasteiger partial charge in [0.15, 0.2) is 0 Å². The third kappa shape index (κ3) is 2.67. The zero-order valence-corrected chi connectivity index (χ0v) is 11.3. The maximum absolute atomic E-state index is 8.53. The van der Waals surface area contributed by atoms with Crippen LogP contribution in [0, 0.1) is 11.3 Å². The smallest absolute Gasteiger partial charge is 0.138 e. The Balaban J connectivity index is 1.82. The highest BCUT2D eigenvalue weighted by molar-refractivity contribution is 5.81. The average Bonchev–Trinajstić information content (AvgIpc) is 3.09. The number of hydrogen-bond acceptors (Lipinski definition) is 3. The summed E-state index contributed by atoms with van der Waals surface area (Å²) in [5.74, 6) is 0.842. The molecule has 2 aromatic rings. The summed E-state index contributed by atoms with van der Waals surface area (Å²) in [5, 5.41) is 9.61. The fraction of sp³-hybridized carbons (Fsp3) is 0.375. The molecule has 20 heavy (non-hydrogen) atoms. The van der Waals surface area contributed by atoms with E-state index in [1.165, 1.54) is 18.9 Å². The topological polar surface area (TPSA) is 61.7 Å². The van der Waals surface area contributed by atoms with Gasteiger partial charge >= 0.3 is 0 Å². The van der Waals surface area contributed by atoms with Crippen molar-refractivity contribution in [1.82, 2.24) is 9.97 Å². The summed E-state index contributed by atoms with van der Waals surface area (Å²) in [7, 11) is 0. The minimum atomic E-state index is 0.343. The highest BCUT2D eigenvalue weighted by Crippen LogP contribution is 2.27. The van der Waals surface area contributed by atoms with Crippen LogP contribution in [0.3, 0.4) is 0 Å². The average molecular weight is 267 g/mol. The first-order valence-electron chi connectivity index (χ1n) is 7.04. The molecule has 0 radical (unpaired) electrons. The number of aromatic amines is 1. The third-order valence-corrected chi connectivity index (χ3v) is 3.73. The van der Waals surface area contributed by atoms with Crippen LogP contribution in [-0.4, -0.2) is 16.1 Å². The van der Waals surface area contributed by atoms with Crippen molar-refractivity contribution in [3.8, 4) is 11.8 Å². The van der Waals surface area contributed by atoms with Crippen LogP contribution in [0.5, 0.6) is 5.75 Å². The molecule has 1 saturated carbocycles. The molecule has 2 heterocycles. The minimum Gasteiger partial charge on any atom is -0.489 e. The lowest BCUT2D eigenvalue weighted by atomic mass is 10.1. The van der Waals surface area contributed by atoms with Crippen molar-refractivity contribution in [3.05, 3.63) is 36.2 Å². The number of nitrogens with one attached hydrogen (secondary N) is 1. The normalized spacial score (nSPS) is 15.9. The van der Waals surface area contributed by atoms with Crippen LogP contribution in [-0.2, 0) is 6.42 Å². The van der Waals surface area contributed by atoms with Crippen LogP contribution >= 0.6 is 0 Å². The number of aromatic nitrogens is 2. The molecule has 0 spiro atoms. The van der Waals surface area contributed by atoms with E-state index in [2.05, 4.69) is 9.97 Å². The van der Waals surface area contributed by atoms with Crippen LogP contribution in [0.25, 0.3) is 11.0 Å². The summed E-state index contributed by atoms with van der Waals surface area (Å²) in [6.45, 7) is 0. The molecular formula is C16H17N3O. The standard InChI is InChI=1S/C16H17N3O/c17-8-4-3-5-12-10-18-16-15(12)9-14(11-19-16)20-13-6-1-2-7-13/h3-4,9-11,13H,1-2,5-7H2,(H,18,19)/b4-3+. The predicted molar refractivity (Wildman–Crippen MR) is 77.4 cm³/mol. The van der Waals surface area contributed by atoms with Crippen molar-refractivity contribution in [1.29, 1.82) is 5.26 Å². The number of ether oxygens (including phenoxy) is 1. The Hall–Kier alpha value is -2.28. The van der Waals surface area contributed by atoms with Crippen molar-refractivity contribution in [2.24, 2.45) is 0 Å². The summed E-state index contributed by atoms with van der Waals surface area (Å²) < 4.78 is 5.99. The molecule has 4 nitrogen and oxygen atoms in total. The van der Waals surface area contributed by atoms with E-state index in [1.54, 1.807) is 6.20 Å². The molecule has 1 aliphatic rings. The summed E-state index contributed by atoms with van der Waals surface area (Å²) in [6, 6.07) is 4.06. The number of pyridine rings is 1. The molecule has 0 amide bonds. The van der Waals surface area contributed by atoms with Gasteiger partial charge in [-0.05, 0) is 43.7 Å². The van der Waals surface area contributed by atoms with E-state index in [0.717, 1.165) is 41.6 Å². The maximum atomic E-state index is 8.53. The van der Waals surface area contributed by atoms with Gasteiger partial charge in [-0.15, -0.1) is 0 Å². The van der Waals surface area contributed by atoms with Gasteiger partial charge in [0.1, 0.15) is 11.4 Å². The second-order valence-corrected chi connectivity index (χ2v) is 5.14. The Kier molecular flexibility index (Phi) is 3.69. The van der Waals surface area contributed by atoms with Crippen LogP contribution < -0.4 is 4.74 Å². The second-order valence-electron chi connectivity index (χ2n) is 5.14. The molecule has 1 fully saturated rings. The molecular weight excluding hydrogens is 250 g/mol. The first kappa shape index (κ1) is 12.7. The number of H-pyrrole nitrogens is 1. The van der Waals surface area contributed by atoms with Gasteiger partial charge in [-0.25, -0.2) is 4.98 Å². The van der Waals surface area contributed by atoms with Gasteiger partial charge in [0.05, 0.1) is 18.4 Å². The number of nitriles is 1. The van der Waals surface area contributed by atoms with Crippen LogP contribution in [0.4, 0.5) is 0 Å². The molecule has 0 aromatic carbocycles. The molecule has 4 heteroatoms. The van der Waals surface area contributed by atoms with Crippen LogP contribution in [0.15, 0.2) is 30.6 Å². The highest BCUT2D eigenvalue weighted by Gasteiger charge is 2.17. The molecule has 1 N–H and O–H groups in total. The minimum absolute atomic E-state index is 0.343. The fourth-order valence-corrected chi connectivity index (χ4v) is 2.71. The fourth-order valence-electron chi connectivity index (χ4n) is 2.71. The molecule has 0 atom stereocenters. The molecule has 0 saturated heterocycles. The van der Waals surface area contributed by atoms with Gasteiger partial charge in [0.25, 0.3) is 0 Å². The molecule has 1 aliphatic carbocycles. The van der Waals surface area contributed by atoms with E-state index >= 15 is 0 Å². The number of rotatable bonds is 4. The first-order valence-corrected chi connectivity index (χ1v) is 7.04. The molecule has 2 aromatic heterocycles. The third-order valence-electron chi connectivity index (χ3n) is 3.73. The molecule has 0 unspecified atom stereocenters. The van der Waals surface area contributed by atoms with E-state index in [-0.39, 0.29) is 0 Å². The zero-order valence-electron chi connectivity index (χ0n) is 11.3. The van der Waals surface area contributed by atoms with Gasteiger partial charge in [0, 0.05) is 17.7 Å².